The first kappa shape index (κ1) is 7.60. The van der Waals surface area contributed by atoms with Gasteiger partial charge in [-0.3, -0.25) is 0 Å². The van der Waals surface area contributed by atoms with Gasteiger partial charge >= 0.3 is 0 Å². The van der Waals surface area contributed by atoms with Crippen LogP contribution in [0, 0.1) is 17.8 Å². The van der Waals surface area contributed by atoms with Gasteiger partial charge in [-0.15, -0.1) is 0 Å². The van der Waals surface area contributed by atoms with Crippen molar-refractivity contribution in [3.8, 4) is 0 Å². The van der Waals surface area contributed by atoms with E-state index in [1.165, 1.54) is 25.8 Å². The Bertz CT molecular complexity index is 138. The predicted molar refractivity (Wildman–Crippen MR) is 47.5 cm³/mol. The summed E-state index contributed by atoms with van der Waals surface area (Å²) in [5, 5.41) is 3.52. The van der Waals surface area contributed by atoms with Crippen LogP contribution in [-0.4, -0.2) is 12.6 Å². The molecular weight excluding hydrogens is 134 g/mol. The largest absolute Gasteiger partial charge is 0.314 e. The number of rotatable bonds is 4. The van der Waals surface area contributed by atoms with Crippen LogP contribution >= 0.6 is 0 Å². The molecule has 0 aromatic rings. The molecule has 2 aliphatic carbocycles. The van der Waals surface area contributed by atoms with Crippen molar-refractivity contribution in [1.82, 2.24) is 5.32 Å². The highest BCUT2D eigenvalue weighted by Crippen LogP contribution is 2.53. The lowest BCUT2D eigenvalue weighted by Gasteiger charge is -2.06. The van der Waals surface area contributed by atoms with Gasteiger partial charge in [0, 0.05) is 6.04 Å². The first-order valence-electron chi connectivity index (χ1n) is 5.00. The topological polar surface area (TPSA) is 12.0 Å². The SMILES string of the molecule is CC(C)NCC1CC1C1CC1. The summed E-state index contributed by atoms with van der Waals surface area (Å²) in [7, 11) is 0. The highest BCUT2D eigenvalue weighted by molar-refractivity contribution is 4.97. The Balaban J connectivity index is 1.59. The Hall–Kier alpha value is -0.0400. The highest BCUT2D eigenvalue weighted by atomic mass is 14.9. The van der Waals surface area contributed by atoms with Crippen LogP contribution in [0.15, 0.2) is 0 Å². The zero-order chi connectivity index (χ0) is 7.84. The Kier molecular flexibility index (Phi) is 1.92. The molecule has 2 saturated carbocycles. The van der Waals surface area contributed by atoms with Crippen LogP contribution < -0.4 is 5.32 Å². The first-order chi connectivity index (χ1) is 5.27. The van der Waals surface area contributed by atoms with Crippen molar-refractivity contribution < 1.29 is 0 Å². The lowest BCUT2D eigenvalue weighted by atomic mass is 10.2. The Labute approximate surface area is 69.6 Å². The normalized spacial score (nSPS) is 36.3. The molecule has 0 saturated heterocycles. The molecule has 0 amide bonds. The molecule has 2 fully saturated rings. The fraction of sp³-hybridized carbons (Fsp3) is 1.00. The standard InChI is InChI=1S/C10H19N/c1-7(2)11-6-9-5-10(9)8-3-4-8/h7-11H,3-6H2,1-2H3. The number of nitrogens with one attached hydrogen (secondary N) is 1. The van der Waals surface area contributed by atoms with Crippen LogP contribution in [0.25, 0.3) is 0 Å². The molecule has 0 heterocycles. The molecule has 11 heavy (non-hydrogen) atoms. The molecular formula is C10H19N. The van der Waals surface area contributed by atoms with E-state index in [1.807, 2.05) is 0 Å². The van der Waals surface area contributed by atoms with Gasteiger partial charge in [0.25, 0.3) is 0 Å². The molecule has 0 aliphatic heterocycles. The van der Waals surface area contributed by atoms with Crippen molar-refractivity contribution in [2.24, 2.45) is 17.8 Å². The third-order valence-corrected chi connectivity index (χ3v) is 2.99. The average molecular weight is 153 g/mol. The molecule has 0 aromatic heterocycles. The molecule has 0 bridgehead atoms. The van der Waals surface area contributed by atoms with E-state index >= 15 is 0 Å². The summed E-state index contributed by atoms with van der Waals surface area (Å²) < 4.78 is 0. The smallest absolute Gasteiger partial charge is 0.00104 e. The molecule has 1 N–H and O–H groups in total. The molecule has 0 aromatic carbocycles. The maximum Gasteiger partial charge on any atom is 0.00104 e. The van der Waals surface area contributed by atoms with Crippen molar-refractivity contribution in [1.29, 1.82) is 0 Å². The van der Waals surface area contributed by atoms with E-state index in [1.54, 1.807) is 0 Å². The minimum Gasteiger partial charge on any atom is -0.314 e. The van der Waals surface area contributed by atoms with E-state index in [9.17, 15) is 0 Å². The zero-order valence-corrected chi connectivity index (χ0v) is 7.64. The summed E-state index contributed by atoms with van der Waals surface area (Å²) in [6.45, 7) is 5.74. The van der Waals surface area contributed by atoms with Crippen molar-refractivity contribution in [3.05, 3.63) is 0 Å². The summed E-state index contributed by atoms with van der Waals surface area (Å²) in [4.78, 5) is 0. The zero-order valence-electron chi connectivity index (χ0n) is 7.64. The summed E-state index contributed by atoms with van der Waals surface area (Å²) in [6.07, 6.45) is 4.58. The summed E-state index contributed by atoms with van der Waals surface area (Å²) in [5.74, 6) is 3.32. The maximum absolute atomic E-state index is 3.52. The van der Waals surface area contributed by atoms with Crippen molar-refractivity contribution in [3.63, 3.8) is 0 Å². The second kappa shape index (κ2) is 2.78. The van der Waals surface area contributed by atoms with Crippen LogP contribution in [0.3, 0.4) is 0 Å². The summed E-state index contributed by atoms with van der Waals surface area (Å²) in [6, 6.07) is 0.676. The molecule has 64 valence electrons. The van der Waals surface area contributed by atoms with E-state index in [4.69, 9.17) is 0 Å². The van der Waals surface area contributed by atoms with Gasteiger partial charge in [-0.1, -0.05) is 13.8 Å². The fourth-order valence-electron chi connectivity index (χ4n) is 1.99. The van der Waals surface area contributed by atoms with E-state index in [0.717, 1.165) is 17.8 Å². The fourth-order valence-corrected chi connectivity index (χ4v) is 1.99. The molecule has 0 spiro atoms. The Morgan fingerprint density at radius 1 is 1.36 bits per heavy atom. The third kappa shape index (κ3) is 1.96. The van der Waals surface area contributed by atoms with E-state index in [2.05, 4.69) is 19.2 Å². The van der Waals surface area contributed by atoms with Crippen LogP contribution in [0.5, 0.6) is 0 Å². The van der Waals surface area contributed by atoms with Crippen LogP contribution in [0.4, 0.5) is 0 Å². The van der Waals surface area contributed by atoms with E-state index < -0.39 is 0 Å². The number of hydrogen-bond acceptors (Lipinski definition) is 1. The second-order valence-electron chi connectivity index (χ2n) is 4.56. The average Bonchev–Trinajstić information content (AvgIpc) is 2.79. The van der Waals surface area contributed by atoms with Gasteiger partial charge in [0.2, 0.25) is 0 Å². The van der Waals surface area contributed by atoms with Gasteiger partial charge in [-0.05, 0) is 43.6 Å². The van der Waals surface area contributed by atoms with Gasteiger partial charge < -0.3 is 5.32 Å². The van der Waals surface area contributed by atoms with E-state index in [0.29, 0.717) is 6.04 Å². The molecule has 2 aliphatic rings. The number of hydrogen-bond donors (Lipinski definition) is 1. The van der Waals surface area contributed by atoms with Crippen LogP contribution in [0.1, 0.15) is 33.1 Å². The summed E-state index contributed by atoms with van der Waals surface area (Å²) >= 11 is 0. The molecule has 2 unspecified atom stereocenters. The first-order valence-corrected chi connectivity index (χ1v) is 5.00. The predicted octanol–water partition coefficient (Wildman–Crippen LogP) is 2.03. The minimum atomic E-state index is 0.676. The molecule has 1 nitrogen and oxygen atoms in total. The quantitative estimate of drug-likeness (QED) is 0.651. The van der Waals surface area contributed by atoms with Crippen LogP contribution in [-0.2, 0) is 0 Å². The maximum atomic E-state index is 3.52. The third-order valence-electron chi connectivity index (χ3n) is 2.99. The lowest BCUT2D eigenvalue weighted by Crippen LogP contribution is -2.25. The van der Waals surface area contributed by atoms with Gasteiger partial charge in [-0.2, -0.15) is 0 Å². The van der Waals surface area contributed by atoms with Crippen LogP contribution in [0.2, 0.25) is 0 Å². The summed E-state index contributed by atoms with van der Waals surface area (Å²) in [5.41, 5.74) is 0. The molecule has 2 rings (SSSR count). The lowest BCUT2D eigenvalue weighted by molar-refractivity contribution is 0.524. The highest BCUT2D eigenvalue weighted by Gasteiger charge is 2.46. The monoisotopic (exact) mass is 153 g/mol. The minimum absolute atomic E-state index is 0.676. The second-order valence-corrected chi connectivity index (χ2v) is 4.56. The van der Waals surface area contributed by atoms with Gasteiger partial charge in [0.15, 0.2) is 0 Å². The Morgan fingerprint density at radius 3 is 2.64 bits per heavy atom. The van der Waals surface area contributed by atoms with Crippen molar-refractivity contribution in [2.45, 2.75) is 39.2 Å². The molecule has 2 atom stereocenters. The molecule has 0 radical (unpaired) electrons. The Morgan fingerprint density at radius 2 is 2.09 bits per heavy atom. The van der Waals surface area contributed by atoms with Crippen molar-refractivity contribution in [2.75, 3.05) is 6.54 Å². The molecule has 1 heteroatoms. The van der Waals surface area contributed by atoms with Crippen molar-refractivity contribution >= 4 is 0 Å². The van der Waals surface area contributed by atoms with Gasteiger partial charge in [-0.25, -0.2) is 0 Å². The van der Waals surface area contributed by atoms with Gasteiger partial charge in [0.1, 0.15) is 0 Å². The van der Waals surface area contributed by atoms with Gasteiger partial charge in [0.05, 0.1) is 0 Å². The van der Waals surface area contributed by atoms with E-state index in [-0.39, 0.29) is 0 Å².